The molecule has 1 aliphatic rings. The van der Waals surface area contributed by atoms with Crippen LogP contribution in [0.5, 0.6) is 0 Å². The number of hydrogen-bond acceptors (Lipinski definition) is 3. The Hall–Kier alpha value is -2.69. The second kappa shape index (κ2) is 6.90. The van der Waals surface area contributed by atoms with Crippen LogP contribution in [0.1, 0.15) is 36.2 Å². The summed E-state index contributed by atoms with van der Waals surface area (Å²) in [4.78, 5) is 19.1. The van der Waals surface area contributed by atoms with Gasteiger partial charge in [-0.15, -0.1) is 0 Å². The van der Waals surface area contributed by atoms with Crippen molar-refractivity contribution in [2.24, 2.45) is 0 Å². The van der Waals surface area contributed by atoms with Crippen LogP contribution in [0.15, 0.2) is 36.4 Å². The van der Waals surface area contributed by atoms with Crippen LogP contribution in [0.25, 0.3) is 16.9 Å². The predicted octanol–water partition coefficient (Wildman–Crippen LogP) is 3.57. The van der Waals surface area contributed by atoms with Gasteiger partial charge in [-0.2, -0.15) is 5.10 Å². The fourth-order valence-corrected chi connectivity index (χ4v) is 3.80. The van der Waals surface area contributed by atoms with Gasteiger partial charge in [0, 0.05) is 42.5 Å². The molecule has 1 aromatic carbocycles. The molecule has 2 aromatic heterocycles. The quantitative estimate of drug-likeness (QED) is 0.724. The standard InChI is InChI=1S/C21H24N4O/c1-15-18(10-11-21(26)24-12-6-7-13-24)16(2)25-20(22-15)14-19(23-25)17-8-4-3-5-9-17/h3-5,8-9,14H,6-7,10-13H2,1-2H3. The Bertz CT molecular complexity index is 940. The largest absolute Gasteiger partial charge is 0.343 e. The first-order valence-corrected chi connectivity index (χ1v) is 9.32. The molecule has 1 aliphatic heterocycles. The Balaban J connectivity index is 1.62. The first-order valence-electron chi connectivity index (χ1n) is 9.32. The van der Waals surface area contributed by atoms with E-state index in [1.165, 1.54) is 0 Å². The normalized spacial score (nSPS) is 14.3. The summed E-state index contributed by atoms with van der Waals surface area (Å²) >= 11 is 0. The first kappa shape index (κ1) is 16.8. The number of rotatable bonds is 4. The molecule has 0 N–H and O–H groups in total. The van der Waals surface area contributed by atoms with Crippen molar-refractivity contribution >= 4 is 11.6 Å². The topological polar surface area (TPSA) is 50.5 Å². The lowest BCUT2D eigenvalue weighted by molar-refractivity contribution is -0.130. The van der Waals surface area contributed by atoms with E-state index in [1.807, 2.05) is 40.6 Å². The maximum Gasteiger partial charge on any atom is 0.222 e. The third-order valence-corrected chi connectivity index (χ3v) is 5.28. The maximum absolute atomic E-state index is 12.4. The van der Waals surface area contributed by atoms with E-state index in [0.29, 0.717) is 6.42 Å². The highest BCUT2D eigenvalue weighted by molar-refractivity contribution is 5.76. The van der Waals surface area contributed by atoms with E-state index in [-0.39, 0.29) is 5.91 Å². The van der Waals surface area contributed by atoms with Crippen LogP contribution >= 0.6 is 0 Å². The summed E-state index contributed by atoms with van der Waals surface area (Å²) < 4.78 is 1.91. The molecule has 1 saturated heterocycles. The zero-order valence-corrected chi connectivity index (χ0v) is 15.4. The molecule has 1 fully saturated rings. The minimum atomic E-state index is 0.256. The van der Waals surface area contributed by atoms with Crippen molar-refractivity contribution in [1.29, 1.82) is 0 Å². The van der Waals surface area contributed by atoms with Gasteiger partial charge in [-0.3, -0.25) is 4.79 Å². The van der Waals surface area contributed by atoms with Crippen molar-refractivity contribution in [3.8, 4) is 11.3 Å². The summed E-state index contributed by atoms with van der Waals surface area (Å²) in [6.07, 6.45) is 3.53. The van der Waals surface area contributed by atoms with Crippen molar-refractivity contribution in [3.63, 3.8) is 0 Å². The van der Waals surface area contributed by atoms with Crippen molar-refractivity contribution in [3.05, 3.63) is 53.3 Å². The van der Waals surface area contributed by atoms with E-state index < -0.39 is 0 Å². The Labute approximate surface area is 153 Å². The van der Waals surface area contributed by atoms with Gasteiger partial charge < -0.3 is 4.90 Å². The molecule has 0 spiro atoms. The highest BCUT2D eigenvalue weighted by Crippen LogP contribution is 2.23. The lowest BCUT2D eigenvalue weighted by atomic mass is 10.1. The highest BCUT2D eigenvalue weighted by atomic mass is 16.2. The van der Waals surface area contributed by atoms with Crippen LogP contribution in [0.3, 0.4) is 0 Å². The van der Waals surface area contributed by atoms with Gasteiger partial charge in [-0.25, -0.2) is 9.50 Å². The minimum Gasteiger partial charge on any atom is -0.343 e. The van der Waals surface area contributed by atoms with Crippen LogP contribution in [-0.2, 0) is 11.2 Å². The third-order valence-electron chi connectivity index (χ3n) is 5.28. The van der Waals surface area contributed by atoms with E-state index in [2.05, 4.69) is 19.1 Å². The van der Waals surface area contributed by atoms with Crippen molar-refractivity contribution in [1.82, 2.24) is 19.5 Å². The van der Waals surface area contributed by atoms with Gasteiger partial charge in [0.15, 0.2) is 5.65 Å². The zero-order valence-electron chi connectivity index (χ0n) is 15.4. The second-order valence-corrected chi connectivity index (χ2v) is 7.01. The van der Waals surface area contributed by atoms with Gasteiger partial charge in [-0.1, -0.05) is 30.3 Å². The number of benzene rings is 1. The summed E-state index contributed by atoms with van der Waals surface area (Å²) in [6, 6.07) is 12.2. The van der Waals surface area contributed by atoms with Crippen molar-refractivity contribution < 1.29 is 4.79 Å². The lowest BCUT2D eigenvalue weighted by Gasteiger charge is -2.16. The fourth-order valence-electron chi connectivity index (χ4n) is 3.80. The molecule has 3 heterocycles. The number of carbonyl (C=O) groups excluding carboxylic acids is 1. The monoisotopic (exact) mass is 348 g/mol. The summed E-state index contributed by atoms with van der Waals surface area (Å²) in [5, 5.41) is 4.75. The number of nitrogens with zero attached hydrogens (tertiary/aromatic N) is 4. The number of amides is 1. The fraction of sp³-hybridized carbons (Fsp3) is 0.381. The Kier molecular flexibility index (Phi) is 4.45. The van der Waals surface area contributed by atoms with Crippen LogP contribution < -0.4 is 0 Å². The Morgan fingerprint density at radius 3 is 2.58 bits per heavy atom. The van der Waals surface area contributed by atoms with Crippen LogP contribution in [0, 0.1) is 13.8 Å². The molecule has 0 saturated carbocycles. The maximum atomic E-state index is 12.4. The summed E-state index contributed by atoms with van der Waals surface area (Å²) in [7, 11) is 0. The summed E-state index contributed by atoms with van der Waals surface area (Å²) in [6.45, 7) is 5.92. The summed E-state index contributed by atoms with van der Waals surface area (Å²) in [5.41, 5.74) is 6.06. The van der Waals surface area contributed by atoms with E-state index in [9.17, 15) is 4.79 Å². The molecule has 0 radical (unpaired) electrons. The van der Waals surface area contributed by atoms with Crippen LogP contribution in [0.4, 0.5) is 0 Å². The van der Waals surface area contributed by atoms with Crippen molar-refractivity contribution in [2.75, 3.05) is 13.1 Å². The molecule has 4 rings (SSSR count). The number of fused-ring (bicyclic) bond motifs is 1. The van der Waals surface area contributed by atoms with Gasteiger partial charge in [0.1, 0.15) is 0 Å². The van der Waals surface area contributed by atoms with Crippen molar-refractivity contribution in [2.45, 2.75) is 39.5 Å². The number of aryl methyl sites for hydroxylation is 2. The second-order valence-electron chi connectivity index (χ2n) is 7.01. The van der Waals surface area contributed by atoms with E-state index >= 15 is 0 Å². The molecule has 3 aromatic rings. The Morgan fingerprint density at radius 2 is 1.85 bits per heavy atom. The predicted molar refractivity (Wildman–Crippen MR) is 102 cm³/mol. The molecule has 0 aliphatic carbocycles. The van der Waals surface area contributed by atoms with Gasteiger partial charge in [0.05, 0.1) is 5.69 Å². The smallest absolute Gasteiger partial charge is 0.222 e. The molecule has 0 unspecified atom stereocenters. The molecule has 1 amide bonds. The van der Waals surface area contributed by atoms with Gasteiger partial charge >= 0.3 is 0 Å². The molecule has 5 heteroatoms. The molecule has 134 valence electrons. The minimum absolute atomic E-state index is 0.256. The Morgan fingerprint density at radius 1 is 1.12 bits per heavy atom. The van der Waals surface area contributed by atoms with Crippen LogP contribution in [0.2, 0.25) is 0 Å². The lowest BCUT2D eigenvalue weighted by Crippen LogP contribution is -2.28. The molecule has 5 nitrogen and oxygen atoms in total. The van der Waals surface area contributed by atoms with E-state index in [1.54, 1.807) is 0 Å². The molecular weight excluding hydrogens is 324 g/mol. The van der Waals surface area contributed by atoms with Crippen LogP contribution in [-0.4, -0.2) is 38.5 Å². The number of carbonyl (C=O) groups is 1. The first-order chi connectivity index (χ1) is 12.6. The molecule has 0 bridgehead atoms. The SMILES string of the molecule is Cc1nc2cc(-c3ccccc3)nn2c(C)c1CCC(=O)N1CCCC1. The zero-order chi connectivity index (χ0) is 18.1. The summed E-state index contributed by atoms with van der Waals surface area (Å²) in [5.74, 6) is 0.256. The number of aromatic nitrogens is 3. The number of likely N-dealkylation sites (tertiary alicyclic amines) is 1. The highest BCUT2D eigenvalue weighted by Gasteiger charge is 2.19. The van der Waals surface area contributed by atoms with Gasteiger partial charge in [0.2, 0.25) is 5.91 Å². The average molecular weight is 348 g/mol. The van der Waals surface area contributed by atoms with E-state index in [4.69, 9.17) is 10.1 Å². The third kappa shape index (κ3) is 3.09. The van der Waals surface area contributed by atoms with E-state index in [0.717, 1.165) is 66.2 Å². The van der Waals surface area contributed by atoms with Gasteiger partial charge in [0.25, 0.3) is 0 Å². The number of hydrogen-bond donors (Lipinski definition) is 0. The van der Waals surface area contributed by atoms with Gasteiger partial charge in [-0.05, 0) is 38.7 Å². The molecule has 26 heavy (non-hydrogen) atoms. The average Bonchev–Trinajstić information content (AvgIpc) is 3.32. The molecular formula is C21H24N4O. The molecule has 0 atom stereocenters.